The van der Waals surface area contributed by atoms with Gasteiger partial charge in [-0.15, -0.1) is 0 Å². The Hall–Kier alpha value is -6.42. The summed E-state index contributed by atoms with van der Waals surface area (Å²) in [6.07, 6.45) is 17.8. The van der Waals surface area contributed by atoms with Gasteiger partial charge < -0.3 is 30.9 Å². The number of rotatable bonds is 7. The molecule has 0 spiro atoms. The third kappa shape index (κ3) is 7.68. The number of H-pyrrole nitrogens is 1. The molecule has 0 bridgehead atoms. The molecule has 5 heterocycles. The first-order valence-corrected chi connectivity index (χ1v) is 24.3. The number of hydrogen-bond donors (Lipinski definition) is 6. The van der Waals surface area contributed by atoms with Crippen LogP contribution < -0.4 is 11.1 Å². The van der Waals surface area contributed by atoms with Crippen molar-refractivity contribution in [2.75, 3.05) is 12.3 Å². The van der Waals surface area contributed by atoms with Gasteiger partial charge in [-0.05, 0) is 100.0 Å². The first-order chi connectivity index (χ1) is 33.4. The van der Waals surface area contributed by atoms with Crippen molar-refractivity contribution in [1.82, 2.24) is 34.9 Å². The molecule has 17 nitrogen and oxygen atoms in total. The molecule has 5 fully saturated rings. The van der Waals surface area contributed by atoms with Crippen LogP contribution in [-0.2, 0) is 25.7 Å². The van der Waals surface area contributed by atoms with Gasteiger partial charge in [0.2, 0.25) is 11.8 Å². The van der Waals surface area contributed by atoms with Crippen LogP contribution in [0.15, 0.2) is 73.0 Å². The third-order valence-electron chi connectivity index (χ3n) is 17.2. The fourth-order valence-electron chi connectivity index (χ4n) is 13.5. The van der Waals surface area contributed by atoms with Gasteiger partial charge in [-0.25, -0.2) is 14.4 Å². The number of nitrogens with one attached hydrogen (secondary N) is 2. The quantitative estimate of drug-likeness (QED) is 0.100. The summed E-state index contributed by atoms with van der Waals surface area (Å²) in [5, 5.41) is 48.9. The first-order valence-electron chi connectivity index (χ1n) is 24.3. The lowest BCUT2D eigenvalue weighted by Crippen LogP contribution is -2.69. The maximum Gasteiger partial charge on any atom is 0.255 e. The number of aliphatic hydroxyl groups is 3. The average molecular weight is 958 g/mol. The van der Waals surface area contributed by atoms with Gasteiger partial charge in [0.25, 0.3) is 5.91 Å². The van der Waals surface area contributed by atoms with E-state index in [9.17, 15) is 44.6 Å². The zero-order valence-electron chi connectivity index (χ0n) is 39.6. The van der Waals surface area contributed by atoms with Gasteiger partial charge in [0.15, 0.2) is 17.2 Å². The highest BCUT2D eigenvalue weighted by Crippen LogP contribution is 2.70. The van der Waals surface area contributed by atoms with Crippen LogP contribution in [0.2, 0.25) is 0 Å². The monoisotopic (exact) mass is 957 g/mol. The van der Waals surface area contributed by atoms with Crippen LogP contribution >= 0.6 is 0 Å². The standard InChI is InChI=1S/C22H29FO5.C17H18N6.C13H13N3O3/c1-12-8-16-15-5-4-13-9-14(25)6-7-19(13,2)21(15,23)17(26)10-20(16,3)22(12,28)18(27)11-24;18-7-5-15(12-3-1-2-4-12)23-10-13(9-22-23)16-14-6-8-19-17(14)21-11-20-16;14-9-3-1-2-7-8(9)6-16(13(7)19)10-4-5-11(17)15-12(10)18/h6-7,9,12,15-17,24,26,28H,4-5,8,10-11H2,1-3H3;6,8-12,15H,1-5H2,(H,19,20,21);1-3,10H,4-6,14H2,(H,15,17,18)/t12-,15-,16-,17-,19-,20-,21-,22-;15-;/m01./s1. The number of halogens is 1. The SMILES string of the molecule is C[C@H]1C[C@H]2[C@@H]3CCC4=CC(=O)C=C[C@]4(C)[C@@]3(F)[C@@H](O)C[C@]2(C)[C@@]1(O)C(=O)CO.N#CC[C@H](C1CCCC1)n1cc(-c2ncnc3[nH]ccc23)cn1.Nc1cccc2c1CN(C1CCC(=O)NC1=O)C2=O. The number of aromatic nitrogens is 5. The van der Waals surface area contributed by atoms with Gasteiger partial charge in [-0.1, -0.05) is 44.4 Å². The molecule has 3 aromatic heterocycles. The highest BCUT2D eigenvalue weighted by Gasteiger charge is 2.75. The fraction of sp³-hybridized carbons (Fsp3) is 0.519. The number of fused-ring (bicyclic) bond motifs is 7. The zero-order valence-corrected chi connectivity index (χ0v) is 39.6. The molecule has 10 atom stereocenters. The maximum absolute atomic E-state index is 16.9. The lowest BCUT2D eigenvalue weighted by atomic mass is 9.44. The van der Waals surface area contributed by atoms with Gasteiger partial charge in [-0.2, -0.15) is 10.4 Å². The van der Waals surface area contributed by atoms with Crippen molar-refractivity contribution in [3.63, 3.8) is 0 Å². The third-order valence-corrected chi connectivity index (χ3v) is 17.2. The lowest BCUT2D eigenvalue weighted by molar-refractivity contribution is -0.219. The molecule has 7 aliphatic rings. The molecule has 1 aromatic carbocycles. The highest BCUT2D eigenvalue weighted by molar-refractivity contribution is 6.06. The number of nitrogen functional groups attached to an aromatic ring is 1. The number of Topliss-reactive ketones (excluding diaryl/α,β-unsaturated/α-hetero) is 1. The molecule has 2 aliphatic heterocycles. The van der Waals surface area contributed by atoms with Crippen molar-refractivity contribution in [2.45, 2.75) is 127 Å². The number of imide groups is 1. The Morgan fingerprint density at radius 2 is 1.84 bits per heavy atom. The first kappa shape index (κ1) is 48.6. The number of carbonyl (C=O) groups excluding carboxylic acids is 5. The second-order valence-electron chi connectivity index (χ2n) is 20.7. The Bertz CT molecular complexity index is 2860. The van der Waals surface area contributed by atoms with E-state index in [4.69, 9.17) is 5.73 Å². The highest BCUT2D eigenvalue weighted by atomic mass is 19.1. The van der Waals surface area contributed by atoms with Gasteiger partial charge in [0.1, 0.15) is 30.2 Å². The Kier molecular flexibility index (Phi) is 12.8. The molecule has 70 heavy (non-hydrogen) atoms. The topological polar surface area (TPSA) is 271 Å². The van der Waals surface area contributed by atoms with E-state index in [1.165, 1.54) is 42.7 Å². The van der Waals surface area contributed by atoms with Crippen molar-refractivity contribution < 1.29 is 43.7 Å². The molecule has 7 N–H and O–H groups in total. The van der Waals surface area contributed by atoms with Crippen molar-refractivity contribution in [3.05, 3.63) is 84.1 Å². The molecular weight excluding hydrogens is 898 g/mol. The molecule has 5 aliphatic carbocycles. The van der Waals surface area contributed by atoms with Crippen LogP contribution in [-0.4, -0.2) is 104 Å². The summed E-state index contributed by atoms with van der Waals surface area (Å²) >= 11 is 0. The molecule has 1 unspecified atom stereocenters. The van der Waals surface area contributed by atoms with E-state index in [1.54, 1.807) is 51.4 Å². The largest absolute Gasteiger partial charge is 0.398 e. The number of nitriles is 1. The lowest BCUT2D eigenvalue weighted by Gasteiger charge is -2.62. The summed E-state index contributed by atoms with van der Waals surface area (Å²) in [6.45, 7) is 4.81. The molecule has 3 amide bonds. The average Bonchev–Trinajstić information content (AvgIpc) is 4.21. The minimum atomic E-state index is -1.98. The number of nitrogens with zero attached hydrogens (tertiary/aromatic N) is 6. The number of ketones is 2. The Morgan fingerprint density at radius 3 is 2.56 bits per heavy atom. The van der Waals surface area contributed by atoms with Crippen LogP contribution in [0.5, 0.6) is 0 Å². The summed E-state index contributed by atoms with van der Waals surface area (Å²) in [5.74, 6) is -2.45. The van der Waals surface area contributed by atoms with Crippen LogP contribution in [0.3, 0.4) is 0 Å². The summed E-state index contributed by atoms with van der Waals surface area (Å²) in [4.78, 5) is 72.8. The van der Waals surface area contributed by atoms with Gasteiger partial charge in [-0.3, -0.25) is 34.0 Å². The predicted octanol–water partition coefficient (Wildman–Crippen LogP) is 5.39. The van der Waals surface area contributed by atoms with E-state index >= 15 is 4.39 Å². The van der Waals surface area contributed by atoms with Crippen LogP contribution in [0.1, 0.15) is 113 Å². The van der Waals surface area contributed by atoms with Gasteiger partial charge >= 0.3 is 0 Å². The van der Waals surface area contributed by atoms with Crippen LogP contribution in [0.4, 0.5) is 10.1 Å². The van der Waals surface area contributed by atoms with E-state index in [0.717, 1.165) is 27.9 Å². The number of hydrogen-bond acceptors (Lipinski definition) is 13. The Morgan fingerprint density at radius 1 is 1.07 bits per heavy atom. The molecule has 1 saturated heterocycles. The molecule has 0 radical (unpaired) electrons. The number of alkyl halides is 1. The molecule has 368 valence electrons. The number of allylic oxidation sites excluding steroid dienone is 4. The summed E-state index contributed by atoms with van der Waals surface area (Å²) in [5.41, 5.74) is 5.22. The number of piperidine rings is 1. The normalized spacial score (nSPS) is 32.6. The fourth-order valence-corrected chi connectivity index (χ4v) is 13.5. The number of anilines is 1. The summed E-state index contributed by atoms with van der Waals surface area (Å²) in [6, 6.07) is 9.05. The summed E-state index contributed by atoms with van der Waals surface area (Å²) < 4.78 is 18.8. The minimum Gasteiger partial charge on any atom is -0.398 e. The second-order valence-corrected chi connectivity index (χ2v) is 20.7. The zero-order chi connectivity index (χ0) is 49.9. The molecule has 11 rings (SSSR count). The predicted molar refractivity (Wildman–Crippen MR) is 253 cm³/mol. The number of carbonyl (C=O) groups is 5. The molecule has 4 aromatic rings. The number of aromatic amines is 1. The Labute approximate surface area is 404 Å². The van der Waals surface area contributed by atoms with E-state index < -0.39 is 64.4 Å². The van der Waals surface area contributed by atoms with E-state index in [0.29, 0.717) is 61.4 Å². The number of benzene rings is 1. The van der Waals surface area contributed by atoms with Gasteiger partial charge in [0, 0.05) is 69.9 Å². The molecule has 4 saturated carbocycles. The number of amides is 3. The second kappa shape index (κ2) is 18.4. The van der Waals surface area contributed by atoms with E-state index in [1.807, 2.05) is 29.3 Å². The summed E-state index contributed by atoms with van der Waals surface area (Å²) in [7, 11) is 0. The van der Waals surface area contributed by atoms with Crippen LogP contribution in [0.25, 0.3) is 22.3 Å². The van der Waals surface area contributed by atoms with Crippen molar-refractivity contribution in [1.29, 1.82) is 5.26 Å². The van der Waals surface area contributed by atoms with E-state index in [2.05, 4.69) is 31.4 Å². The molecule has 18 heteroatoms. The van der Waals surface area contributed by atoms with Crippen molar-refractivity contribution >= 4 is 46.0 Å². The smallest absolute Gasteiger partial charge is 0.255 e. The van der Waals surface area contributed by atoms with Crippen molar-refractivity contribution in [3.8, 4) is 17.3 Å². The Balaban J connectivity index is 0.000000133. The van der Waals surface area contributed by atoms with Crippen LogP contribution in [0, 0.1) is 45.8 Å². The molecular formula is C52H60FN9O8. The van der Waals surface area contributed by atoms with Crippen molar-refractivity contribution in [2.24, 2.45) is 34.5 Å². The van der Waals surface area contributed by atoms with E-state index in [-0.39, 0.29) is 42.4 Å². The maximum atomic E-state index is 16.9. The minimum absolute atomic E-state index is 0.0676. The number of aliphatic hydroxyl groups excluding tert-OH is 2. The van der Waals surface area contributed by atoms with Gasteiger partial charge in [0.05, 0.1) is 36.5 Å². The number of nitrogens with two attached hydrogens (primary N) is 1.